The lowest BCUT2D eigenvalue weighted by Gasteiger charge is -2.15. The van der Waals surface area contributed by atoms with Gasteiger partial charge >= 0.3 is 0 Å². The molecule has 0 saturated heterocycles. The number of benzene rings is 2. The number of rotatable bonds is 10. The number of hydrogen-bond donors (Lipinski definition) is 2. The first-order valence-electron chi connectivity index (χ1n) is 9.53. The standard InChI is InChI=1S/C22H28N2O4/c1-4-5-6-10-21(25)23-17-8-7-9-18(15-17)24-22(26)16(2)28-20-13-11-19(27-3)12-14-20/h7-9,11-16H,4-6,10H2,1-3H3,(H,23,25)(H,24,26). The number of methoxy groups -OCH3 is 1. The molecule has 150 valence electrons. The van der Waals surface area contributed by atoms with E-state index in [1.54, 1.807) is 62.6 Å². The van der Waals surface area contributed by atoms with E-state index in [1.807, 2.05) is 0 Å². The first-order chi connectivity index (χ1) is 13.5. The molecular weight excluding hydrogens is 356 g/mol. The maximum Gasteiger partial charge on any atom is 0.265 e. The van der Waals surface area contributed by atoms with Gasteiger partial charge in [-0.3, -0.25) is 9.59 Å². The van der Waals surface area contributed by atoms with Crippen molar-refractivity contribution in [2.24, 2.45) is 0 Å². The molecule has 0 heterocycles. The Morgan fingerprint density at radius 3 is 2.25 bits per heavy atom. The van der Waals surface area contributed by atoms with Gasteiger partial charge in [0.15, 0.2) is 6.10 Å². The smallest absolute Gasteiger partial charge is 0.265 e. The molecule has 2 N–H and O–H groups in total. The Labute approximate surface area is 166 Å². The minimum absolute atomic E-state index is 0.0202. The summed E-state index contributed by atoms with van der Waals surface area (Å²) < 4.78 is 10.8. The maximum absolute atomic E-state index is 12.4. The normalized spacial score (nSPS) is 11.4. The number of anilines is 2. The summed E-state index contributed by atoms with van der Waals surface area (Å²) in [6, 6.07) is 14.1. The molecule has 0 aromatic heterocycles. The van der Waals surface area contributed by atoms with Crippen molar-refractivity contribution in [2.45, 2.75) is 45.6 Å². The van der Waals surface area contributed by atoms with Gasteiger partial charge in [0.25, 0.3) is 5.91 Å². The third-order valence-electron chi connectivity index (χ3n) is 4.16. The molecule has 28 heavy (non-hydrogen) atoms. The lowest BCUT2D eigenvalue weighted by molar-refractivity contribution is -0.122. The van der Waals surface area contributed by atoms with Crippen LogP contribution in [0, 0.1) is 0 Å². The highest BCUT2D eigenvalue weighted by atomic mass is 16.5. The second kappa shape index (κ2) is 11.0. The molecule has 6 heteroatoms. The monoisotopic (exact) mass is 384 g/mol. The van der Waals surface area contributed by atoms with E-state index in [0.29, 0.717) is 23.5 Å². The summed E-state index contributed by atoms with van der Waals surface area (Å²) in [5, 5.41) is 5.67. The molecule has 0 fully saturated rings. The maximum atomic E-state index is 12.4. The van der Waals surface area contributed by atoms with Gasteiger partial charge in [-0.1, -0.05) is 25.8 Å². The van der Waals surface area contributed by atoms with Crippen molar-refractivity contribution < 1.29 is 19.1 Å². The van der Waals surface area contributed by atoms with E-state index in [4.69, 9.17) is 9.47 Å². The molecule has 6 nitrogen and oxygen atoms in total. The fraction of sp³-hybridized carbons (Fsp3) is 0.364. The van der Waals surface area contributed by atoms with E-state index in [9.17, 15) is 9.59 Å². The fourth-order valence-electron chi connectivity index (χ4n) is 2.59. The summed E-state index contributed by atoms with van der Waals surface area (Å²) in [7, 11) is 1.59. The Hall–Kier alpha value is -3.02. The van der Waals surface area contributed by atoms with E-state index in [1.165, 1.54) is 0 Å². The highest BCUT2D eigenvalue weighted by Crippen LogP contribution is 2.19. The molecule has 0 bridgehead atoms. The first-order valence-corrected chi connectivity index (χ1v) is 9.53. The van der Waals surface area contributed by atoms with Crippen LogP contribution in [0.3, 0.4) is 0 Å². The van der Waals surface area contributed by atoms with Crippen molar-refractivity contribution in [2.75, 3.05) is 17.7 Å². The number of carbonyl (C=O) groups is 2. The second-order valence-corrected chi connectivity index (χ2v) is 6.51. The van der Waals surface area contributed by atoms with Crippen LogP contribution in [0.1, 0.15) is 39.5 Å². The molecule has 1 unspecified atom stereocenters. The Morgan fingerprint density at radius 1 is 0.964 bits per heavy atom. The van der Waals surface area contributed by atoms with Crippen LogP contribution in [-0.2, 0) is 9.59 Å². The van der Waals surface area contributed by atoms with E-state index in [-0.39, 0.29) is 11.8 Å². The van der Waals surface area contributed by atoms with E-state index >= 15 is 0 Å². The molecule has 0 radical (unpaired) electrons. The number of carbonyl (C=O) groups excluding carboxylic acids is 2. The summed E-state index contributed by atoms with van der Waals surface area (Å²) in [5.41, 5.74) is 1.25. The fourth-order valence-corrected chi connectivity index (χ4v) is 2.59. The summed E-state index contributed by atoms with van der Waals surface area (Å²) >= 11 is 0. The molecule has 2 amide bonds. The molecule has 0 aliphatic carbocycles. The van der Waals surface area contributed by atoms with Crippen LogP contribution in [0.4, 0.5) is 11.4 Å². The molecule has 1 atom stereocenters. The van der Waals surface area contributed by atoms with Gasteiger partial charge in [0.1, 0.15) is 11.5 Å². The van der Waals surface area contributed by atoms with Crippen molar-refractivity contribution in [1.29, 1.82) is 0 Å². The van der Waals surface area contributed by atoms with Crippen LogP contribution in [0.5, 0.6) is 11.5 Å². The highest BCUT2D eigenvalue weighted by molar-refractivity contribution is 5.96. The summed E-state index contributed by atoms with van der Waals surface area (Å²) in [6.07, 6.45) is 2.80. The van der Waals surface area contributed by atoms with Crippen molar-refractivity contribution >= 4 is 23.2 Å². The molecular formula is C22H28N2O4. The molecule has 2 aromatic rings. The predicted molar refractivity (Wildman–Crippen MR) is 111 cm³/mol. The lowest BCUT2D eigenvalue weighted by atomic mass is 10.2. The van der Waals surface area contributed by atoms with Crippen molar-refractivity contribution in [1.82, 2.24) is 0 Å². The molecule has 2 aromatic carbocycles. The average molecular weight is 384 g/mol. The van der Waals surface area contributed by atoms with Gasteiger partial charge in [0.05, 0.1) is 7.11 Å². The third-order valence-corrected chi connectivity index (χ3v) is 4.16. The zero-order valence-corrected chi connectivity index (χ0v) is 16.7. The minimum atomic E-state index is -0.680. The van der Waals surface area contributed by atoms with E-state index in [2.05, 4.69) is 17.6 Å². The Balaban J connectivity index is 1.89. The van der Waals surface area contributed by atoms with Gasteiger partial charge < -0.3 is 20.1 Å². The van der Waals surface area contributed by atoms with Crippen molar-refractivity contribution in [3.05, 3.63) is 48.5 Å². The minimum Gasteiger partial charge on any atom is -0.497 e. The summed E-state index contributed by atoms with van der Waals surface area (Å²) in [6.45, 7) is 3.78. The van der Waals surface area contributed by atoms with Gasteiger partial charge in [0.2, 0.25) is 5.91 Å². The van der Waals surface area contributed by atoms with Gasteiger partial charge in [-0.25, -0.2) is 0 Å². The lowest BCUT2D eigenvalue weighted by Crippen LogP contribution is -2.30. The van der Waals surface area contributed by atoms with Crippen LogP contribution < -0.4 is 20.1 Å². The second-order valence-electron chi connectivity index (χ2n) is 6.51. The number of unbranched alkanes of at least 4 members (excludes halogenated alkanes) is 2. The number of ether oxygens (including phenoxy) is 2. The zero-order valence-electron chi connectivity index (χ0n) is 16.7. The summed E-state index contributed by atoms with van der Waals surface area (Å²) in [4.78, 5) is 24.4. The highest BCUT2D eigenvalue weighted by Gasteiger charge is 2.15. The average Bonchev–Trinajstić information content (AvgIpc) is 2.69. The van der Waals surface area contributed by atoms with Gasteiger partial charge in [0, 0.05) is 17.8 Å². The first kappa shape index (κ1) is 21.3. The Bertz CT molecular complexity index is 774. The molecule has 0 aliphatic heterocycles. The predicted octanol–water partition coefficient (Wildman–Crippen LogP) is 4.62. The van der Waals surface area contributed by atoms with Gasteiger partial charge in [-0.15, -0.1) is 0 Å². The number of hydrogen-bond acceptors (Lipinski definition) is 4. The van der Waals surface area contributed by atoms with Crippen molar-refractivity contribution in [3.8, 4) is 11.5 Å². The summed E-state index contributed by atoms with van der Waals surface area (Å²) in [5.74, 6) is 1.00. The van der Waals surface area contributed by atoms with Crippen molar-refractivity contribution in [3.63, 3.8) is 0 Å². The Kier molecular flexibility index (Phi) is 8.34. The molecule has 0 saturated carbocycles. The number of amides is 2. The quantitative estimate of drug-likeness (QED) is 0.586. The SMILES string of the molecule is CCCCCC(=O)Nc1cccc(NC(=O)C(C)Oc2ccc(OC)cc2)c1. The molecule has 0 spiro atoms. The van der Waals surface area contributed by atoms with Crippen LogP contribution in [0.2, 0.25) is 0 Å². The van der Waals surface area contributed by atoms with E-state index in [0.717, 1.165) is 25.0 Å². The van der Waals surface area contributed by atoms with Crippen LogP contribution in [-0.4, -0.2) is 25.0 Å². The van der Waals surface area contributed by atoms with E-state index < -0.39 is 6.10 Å². The topological polar surface area (TPSA) is 76.7 Å². The third kappa shape index (κ3) is 6.95. The molecule has 0 aliphatic rings. The van der Waals surface area contributed by atoms with Gasteiger partial charge in [-0.2, -0.15) is 0 Å². The molecule has 2 rings (SSSR count). The number of nitrogens with one attached hydrogen (secondary N) is 2. The largest absolute Gasteiger partial charge is 0.497 e. The Morgan fingerprint density at radius 2 is 1.61 bits per heavy atom. The van der Waals surface area contributed by atoms with Crippen LogP contribution >= 0.6 is 0 Å². The van der Waals surface area contributed by atoms with Gasteiger partial charge in [-0.05, 0) is 55.8 Å². The van der Waals surface area contributed by atoms with Crippen LogP contribution in [0.15, 0.2) is 48.5 Å². The zero-order chi connectivity index (χ0) is 20.4. The van der Waals surface area contributed by atoms with Crippen LogP contribution in [0.25, 0.3) is 0 Å².